The molecule has 0 atom stereocenters. The molecule has 106 valence electrons. The van der Waals surface area contributed by atoms with E-state index in [1.165, 1.54) is 35.2 Å². The molecule has 1 aromatic heterocycles. The average Bonchev–Trinajstić information content (AvgIpc) is 2.36. The molecule has 2 nitrogen and oxygen atoms in total. The molecule has 0 radical (unpaired) electrons. The molecular formula is C18H23NO. The van der Waals surface area contributed by atoms with E-state index in [1.807, 2.05) is 13.8 Å². The van der Waals surface area contributed by atoms with Crippen LogP contribution in [0.3, 0.4) is 0 Å². The summed E-state index contributed by atoms with van der Waals surface area (Å²) in [5.74, 6) is 0. The van der Waals surface area contributed by atoms with Crippen LogP contribution in [0.5, 0.6) is 0 Å². The molecule has 1 aromatic carbocycles. The summed E-state index contributed by atoms with van der Waals surface area (Å²) in [6.07, 6.45) is 4.50. The smallest absolute Gasteiger partial charge is 0.0850 e. The maximum absolute atomic E-state index is 10.7. The van der Waals surface area contributed by atoms with Gasteiger partial charge in [-0.3, -0.25) is 4.98 Å². The van der Waals surface area contributed by atoms with Gasteiger partial charge in [0.2, 0.25) is 0 Å². The van der Waals surface area contributed by atoms with E-state index in [0.717, 1.165) is 29.3 Å². The van der Waals surface area contributed by atoms with Gasteiger partial charge in [-0.25, -0.2) is 0 Å². The average molecular weight is 269 g/mol. The second-order valence-corrected chi connectivity index (χ2v) is 6.63. The van der Waals surface area contributed by atoms with Crippen molar-refractivity contribution >= 4 is 10.9 Å². The Morgan fingerprint density at radius 2 is 1.70 bits per heavy atom. The number of hydrogen-bond acceptors (Lipinski definition) is 2. The summed E-state index contributed by atoms with van der Waals surface area (Å²) in [5.41, 5.74) is 6.34. The van der Waals surface area contributed by atoms with E-state index in [2.05, 4.69) is 26.0 Å². The third-order valence-electron chi connectivity index (χ3n) is 4.49. The van der Waals surface area contributed by atoms with E-state index in [4.69, 9.17) is 4.98 Å². The Hall–Kier alpha value is -1.41. The summed E-state index contributed by atoms with van der Waals surface area (Å²) >= 11 is 0. The number of nitrogens with zero attached hydrogens (tertiary/aromatic N) is 1. The van der Waals surface area contributed by atoms with Crippen molar-refractivity contribution in [1.82, 2.24) is 4.98 Å². The van der Waals surface area contributed by atoms with Gasteiger partial charge in [0, 0.05) is 11.1 Å². The molecule has 0 bridgehead atoms. The van der Waals surface area contributed by atoms with Gasteiger partial charge in [0.25, 0.3) is 0 Å². The molecule has 1 aliphatic carbocycles. The fourth-order valence-electron chi connectivity index (χ4n) is 3.38. The second-order valence-electron chi connectivity index (χ2n) is 6.63. The molecule has 0 saturated carbocycles. The topological polar surface area (TPSA) is 33.1 Å². The maximum atomic E-state index is 10.7. The number of aromatic nitrogens is 1. The van der Waals surface area contributed by atoms with Crippen molar-refractivity contribution in [3.8, 4) is 0 Å². The molecule has 2 heteroatoms. The zero-order valence-electron chi connectivity index (χ0n) is 12.9. The Morgan fingerprint density at radius 3 is 2.40 bits per heavy atom. The van der Waals surface area contributed by atoms with E-state index in [9.17, 15) is 5.11 Å². The van der Waals surface area contributed by atoms with Crippen LogP contribution in [0.25, 0.3) is 10.9 Å². The molecule has 0 saturated heterocycles. The minimum absolute atomic E-state index is 0.815. The number of aliphatic hydroxyl groups is 1. The zero-order chi connectivity index (χ0) is 14.5. The Labute approximate surface area is 120 Å². The predicted molar refractivity (Wildman–Crippen MR) is 83.1 cm³/mol. The molecule has 0 aliphatic heterocycles. The van der Waals surface area contributed by atoms with Crippen molar-refractivity contribution in [2.45, 2.75) is 59.0 Å². The lowest BCUT2D eigenvalue weighted by molar-refractivity contribution is 0.0789. The van der Waals surface area contributed by atoms with Gasteiger partial charge in [-0.05, 0) is 87.8 Å². The lowest BCUT2D eigenvalue weighted by Gasteiger charge is -2.28. The summed E-state index contributed by atoms with van der Waals surface area (Å²) < 4.78 is 0. The van der Waals surface area contributed by atoms with E-state index in [0.29, 0.717) is 0 Å². The molecule has 0 fully saturated rings. The largest absolute Gasteiger partial charge is 0.386 e. The van der Waals surface area contributed by atoms with Crippen LogP contribution >= 0.6 is 0 Å². The van der Waals surface area contributed by atoms with Gasteiger partial charge in [-0.1, -0.05) is 0 Å². The summed E-state index contributed by atoms with van der Waals surface area (Å²) in [4.78, 5) is 4.88. The van der Waals surface area contributed by atoms with Crippen molar-refractivity contribution < 1.29 is 5.11 Å². The highest BCUT2D eigenvalue weighted by Gasteiger charge is 2.27. The third-order valence-corrected chi connectivity index (χ3v) is 4.49. The van der Waals surface area contributed by atoms with E-state index in [1.54, 1.807) is 0 Å². The Balaban J connectivity index is 2.43. The van der Waals surface area contributed by atoms with Gasteiger partial charge in [0.1, 0.15) is 0 Å². The summed E-state index contributed by atoms with van der Waals surface area (Å²) in [6.45, 7) is 8.04. The van der Waals surface area contributed by atoms with Crippen LogP contribution in [0.15, 0.2) is 12.1 Å². The molecule has 1 N–H and O–H groups in total. The molecule has 20 heavy (non-hydrogen) atoms. The van der Waals surface area contributed by atoms with Crippen molar-refractivity contribution in [2.75, 3.05) is 0 Å². The first-order valence-electron chi connectivity index (χ1n) is 7.53. The van der Waals surface area contributed by atoms with Crippen molar-refractivity contribution in [3.63, 3.8) is 0 Å². The predicted octanol–water partition coefficient (Wildman–Crippen LogP) is 3.96. The molecule has 0 unspecified atom stereocenters. The van der Waals surface area contributed by atoms with Gasteiger partial charge in [-0.2, -0.15) is 0 Å². The first kappa shape index (κ1) is 13.6. The van der Waals surface area contributed by atoms with E-state index in [-0.39, 0.29) is 0 Å². The van der Waals surface area contributed by atoms with Crippen LogP contribution in [-0.4, -0.2) is 10.1 Å². The number of fused-ring (bicyclic) bond motifs is 2. The minimum atomic E-state index is -0.815. The number of aryl methyl sites for hydroxylation is 3. The first-order chi connectivity index (χ1) is 9.38. The second kappa shape index (κ2) is 4.56. The van der Waals surface area contributed by atoms with Gasteiger partial charge in [0.15, 0.2) is 0 Å². The minimum Gasteiger partial charge on any atom is -0.386 e. The summed E-state index contributed by atoms with van der Waals surface area (Å²) in [6, 6.07) is 4.36. The summed E-state index contributed by atoms with van der Waals surface area (Å²) in [7, 11) is 0. The standard InChI is InChI=1S/C18H23NO/c1-11-9-14-16(10-12(11)2)19-15-8-6-5-7-13(15)17(14)18(3,4)20/h9-10,20H,5-8H2,1-4H3. The van der Waals surface area contributed by atoms with Crippen LogP contribution in [0.2, 0.25) is 0 Å². The Bertz CT molecular complexity index is 680. The molecule has 3 rings (SSSR count). The van der Waals surface area contributed by atoms with Gasteiger partial charge < -0.3 is 5.11 Å². The Kier molecular flexibility index (Phi) is 3.09. The van der Waals surface area contributed by atoms with Crippen molar-refractivity contribution in [1.29, 1.82) is 0 Å². The highest BCUT2D eigenvalue weighted by atomic mass is 16.3. The quantitative estimate of drug-likeness (QED) is 0.850. The number of hydrogen-bond donors (Lipinski definition) is 1. The van der Waals surface area contributed by atoms with Crippen molar-refractivity contribution in [2.24, 2.45) is 0 Å². The number of benzene rings is 1. The third kappa shape index (κ3) is 2.12. The monoisotopic (exact) mass is 269 g/mol. The fraction of sp³-hybridized carbons (Fsp3) is 0.500. The molecule has 2 aromatic rings. The van der Waals surface area contributed by atoms with Crippen LogP contribution in [0, 0.1) is 13.8 Å². The highest BCUT2D eigenvalue weighted by molar-refractivity contribution is 5.86. The van der Waals surface area contributed by atoms with Crippen LogP contribution in [0.4, 0.5) is 0 Å². The van der Waals surface area contributed by atoms with Crippen LogP contribution in [-0.2, 0) is 18.4 Å². The van der Waals surface area contributed by atoms with Gasteiger partial charge in [0.05, 0.1) is 11.1 Å². The number of rotatable bonds is 1. The molecule has 1 aliphatic rings. The fourth-order valence-corrected chi connectivity index (χ4v) is 3.38. The highest BCUT2D eigenvalue weighted by Crippen LogP contribution is 2.36. The summed E-state index contributed by atoms with van der Waals surface area (Å²) in [5, 5.41) is 11.8. The van der Waals surface area contributed by atoms with E-state index >= 15 is 0 Å². The normalized spacial score (nSPS) is 15.4. The van der Waals surface area contributed by atoms with Crippen molar-refractivity contribution in [3.05, 3.63) is 40.1 Å². The molecule has 0 spiro atoms. The lowest BCUT2D eigenvalue weighted by atomic mass is 9.82. The maximum Gasteiger partial charge on any atom is 0.0850 e. The first-order valence-corrected chi connectivity index (χ1v) is 7.53. The van der Waals surface area contributed by atoms with E-state index < -0.39 is 5.60 Å². The SMILES string of the molecule is Cc1cc2nc3c(c(C(C)(C)O)c2cc1C)CCCC3. The zero-order valence-corrected chi connectivity index (χ0v) is 12.9. The van der Waals surface area contributed by atoms with Crippen LogP contribution < -0.4 is 0 Å². The van der Waals surface area contributed by atoms with Crippen LogP contribution in [0.1, 0.15) is 54.6 Å². The molecule has 0 amide bonds. The van der Waals surface area contributed by atoms with Gasteiger partial charge in [-0.15, -0.1) is 0 Å². The van der Waals surface area contributed by atoms with Gasteiger partial charge >= 0.3 is 0 Å². The molecule has 1 heterocycles. The lowest BCUT2D eigenvalue weighted by Crippen LogP contribution is -2.22. The number of pyridine rings is 1. The molecular weight excluding hydrogens is 246 g/mol. The Morgan fingerprint density at radius 1 is 1.05 bits per heavy atom.